The van der Waals surface area contributed by atoms with Crippen molar-refractivity contribution in [1.29, 1.82) is 5.41 Å². The highest BCUT2D eigenvalue weighted by Gasteiger charge is 2.15. The minimum absolute atomic E-state index is 0.0466. The quantitative estimate of drug-likeness (QED) is 0.0942. The van der Waals surface area contributed by atoms with Gasteiger partial charge in [-0.2, -0.15) is 5.10 Å². The molecule has 216 valence electrons. The molecule has 0 amide bonds. The molecule has 42 heavy (non-hydrogen) atoms. The average molecular weight is 565 g/mol. The maximum absolute atomic E-state index is 9.01. The van der Waals surface area contributed by atoms with E-state index in [1.807, 2.05) is 24.5 Å². The van der Waals surface area contributed by atoms with E-state index in [1.54, 1.807) is 16.7 Å². The summed E-state index contributed by atoms with van der Waals surface area (Å²) in [5, 5.41) is 36.7. The molecule has 0 atom stereocenters. The predicted molar refractivity (Wildman–Crippen MR) is 166 cm³/mol. The van der Waals surface area contributed by atoms with Gasteiger partial charge in [-0.1, -0.05) is 36.4 Å². The number of benzene rings is 2. The fraction of sp³-hybridized carbons (Fsp3) is 0.250. The number of nitrogens with zero attached hydrogens (tertiary/aromatic N) is 4. The third-order valence-electron chi connectivity index (χ3n) is 7.14. The van der Waals surface area contributed by atoms with E-state index in [0.29, 0.717) is 37.7 Å². The van der Waals surface area contributed by atoms with Gasteiger partial charge >= 0.3 is 0 Å². The molecule has 3 heterocycles. The minimum Gasteiger partial charge on any atom is -0.395 e. The van der Waals surface area contributed by atoms with E-state index in [2.05, 4.69) is 75.9 Å². The molecule has 5 rings (SSSR count). The van der Waals surface area contributed by atoms with Gasteiger partial charge in [-0.05, 0) is 60.4 Å². The lowest BCUT2D eigenvalue weighted by atomic mass is 9.90. The number of H-pyrrole nitrogens is 1. The predicted octanol–water partition coefficient (Wildman–Crippen LogP) is 3.77. The van der Waals surface area contributed by atoms with Crippen LogP contribution in [0.3, 0.4) is 0 Å². The second-order valence-corrected chi connectivity index (χ2v) is 10.1. The second-order valence-electron chi connectivity index (χ2n) is 10.1. The Balaban J connectivity index is 1.40. The van der Waals surface area contributed by atoms with Crippen molar-refractivity contribution >= 4 is 17.4 Å². The molecule has 10 nitrogen and oxygen atoms in total. The first-order valence-corrected chi connectivity index (χ1v) is 14.0. The van der Waals surface area contributed by atoms with Crippen molar-refractivity contribution in [3.63, 3.8) is 0 Å². The maximum Gasteiger partial charge on any atom is 0.154 e. The lowest BCUT2D eigenvalue weighted by molar-refractivity contribution is 0.291. The Hall–Kier alpha value is -4.48. The first-order chi connectivity index (χ1) is 20.5. The van der Waals surface area contributed by atoms with Gasteiger partial charge in [0.25, 0.3) is 0 Å². The summed E-state index contributed by atoms with van der Waals surface area (Å²) in [5.74, 6) is 0.674. The van der Waals surface area contributed by atoms with Crippen LogP contribution in [-0.4, -0.2) is 73.3 Å². The number of nitrogens with one attached hydrogen (secondary N) is 4. The highest BCUT2D eigenvalue weighted by atomic mass is 16.3. The first-order valence-electron chi connectivity index (χ1n) is 14.0. The monoisotopic (exact) mass is 564 g/mol. The van der Waals surface area contributed by atoms with Gasteiger partial charge < -0.3 is 31.2 Å². The van der Waals surface area contributed by atoms with Gasteiger partial charge in [-0.3, -0.25) is 0 Å². The van der Waals surface area contributed by atoms with Crippen molar-refractivity contribution in [1.82, 2.24) is 35.2 Å². The van der Waals surface area contributed by atoms with Crippen LogP contribution in [0.15, 0.2) is 67.0 Å². The lowest BCUT2D eigenvalue weighted by Crippen LogP contribution is -2.24. The van der Waals surface area contributed by atoms with Crippen LogP contribution in [0.25, 0.3) is 45.4 Å². The van der Waals surface area contributed by atoms with Gasteiger partial charge in [0, 0.05) is 43.0 Å². The Morgan fingerprint density at radius 1 is 0.929 bits per heavy atom. The molecule has 0 aliphatic carbocycles. The maximum atomic E-state index is 9.01. The Labute approximate surface area is 244 Å². The van der Waals surface area contributed by atoms with Crippen LogP contribution in [0, 0.1) is 19.3 Å². The summed E-state index contributed by atoms with van der Waals surface area (Å²) in [6.07, 6.45) is 7.27. The highest BCUT2D eigenvalue weighted by Crippen LogP contribution is 2.36. The van der Waals surface area contributed by atoms with Gasteiger partial charge in [0.2, 0.25) is 0 Å². The van der Waals surface area contributed by atoms with Crippen LogP contribution in [-0.2, 0) is 6.54 Å². The Morgan fingerprint density at radius 3 is 2.38 bits per heavy atom. The highest BCUT2D eigenvalue weighted by molar-refractivity contribution is 5.97. The molecule has 0 aliphatic heterocycles. The summed E-state index contributed by atoms with van der Waals surface area (Å²) >= 11 is 0. The van der Waals surface area contributed by atoms with Crippen LogP contribution in [0.5, 0.6) is 0 Å². The zero-order chi connectivity index (χ0) is 29.5. The Morgan fingerprint density at radius 2 is 1.62 bits per heavy atom. The molecule has 0 bridgehead atoms. The summed E-state index contributed by atoms with van der Waals surface area (Å²) in [5.41, 5.74) is 10.5. The zero-order valence-electron chi connectivity index (χ0n) is 23.9. The number of aromatic nitrogens is 5. The van der Waals surface area contributed by atoms with Crippen molar-refractivity contribution in [2.45, 2.75) is 20.4 Å². The van der Waals surface area contributed by atoms with E-state index in [-0.39, 0.29) is 13.2 Å². The molecule has 10 heteroatoms. The van der Waals surface area contributed by atoms with Gasteiger partial charge in [-0.25, -0.2) is 14.5 Å². The molecular formula is C32H36N8O2. The Bertz CT molecular complexity index is 1720. The summed E-state index contributed by atoms with van der Waals surface area (Å²) in [7, 11) is 0. The summed E-state index contributed by atoms with van der Waals surface area (Å²) in [6, 6.07) is 16.5. The third-order valence-corrected chi connectivity index (χ3v) is 7.14. The topological polar surface area (TPSA) is 147 Å². The third kappa shape index (κ3) is 6.53. The SMILES string of the molecule is Cc1c(-c2cn3nc(CNCCO)ccc3n2)cccc1-c1cccc(-c2cnc(/C=C\C(=N)CNCCO)[nH]2)c1C. The summed E-state index contributed by atoms with van der Waals surface area (Å²) in [4.78, 5) is 12.7. The smallest absolute Gasteiger partial charge is 0.154 e. The van der Waals surface area contributed by atoms with Gasteiger partial charge in [0.15, 0.2) is 5.65 Å². The zero-order valence-corrected chi connectivity index (χ0v) is 23.9. The van der Waals surface area contributed by atoms with Crippen LogP contribution in [0.4, 0.5) is 0 Å². The van der Waals surface area contributed by atoms with Crippen molar-refractivity contribution < 1.29 is 10.2 Å². The van der Waals surface area contributed by atoms with Gasteiger partial charge in [-0.15, -0.1) is 0 Å². The lowest BCUT2D eigenvalue weighted by Gasteiger charge is -2.15. The molecule has 0 saturated heterocycles. The van der Waals surface area contributed by atoms with Crippen LogP contribution < -0.4 is 10.6 Å². The molecule has 5 aromatic rings. The molecule has 0 spiro atoms. The molecule has 0 radical (unpaired) electrons. The number of hydrogen-bond acceptors (Lipinski definition) is 8. The molecule has 0 fully saturated rings. The second kappa shape index (κ2) is 13.5. The van der Waals surface area contributed by atoms with Gasteiger partial charge in [0.1, 0.15) is 5.82 Å². The number of hydrogen-bond donors (Lipinski definition) is 6. The van der Waals surface area contributed by atoms with E-state index in [4.69, 9.17) is 20.6 Å². The Kier molecular flexibility index (Phi) is 9.30. The number of aliphatic hydroxyl groups is 2. The number of imidazole rings is 2. The standard InChI is InChI=1S/C32H36N8O2/c1-21-25(5-3-7-27(21)29-19-36-31(37-29)11-9-23(33)17-34-13-15-41)26-6-4-8-28(22(26)2)30-20-40-32(38-30)12-10-24(39-40)18-35-14-16-42/h3-12,19-20,33-35,41-42H,13-18H2,1-2H3,(H,36,37)/b11-9-,33-23?. The van der Waals surface area contributed by atoms with Crippen molar-refractivity contribution in [2.24, 2.45) is 0 Å². The molecular weight excluding hydrogens is 528 g/mol. The normalized spacial score (nSPS) is 11.6. The van der Waals surface area contributed by atoms with Crippen LogP contribution in [0.2, 0.25) is 0 Å². The van der Waals surface area contributed by atoms with E-state index in [0.717, 1.165) is 56.1 Å². The van der Waals surface area contributed by atoms with Crippen molar-refractivity contribution in [2.75, 3.05) is 32.8 Å². The largest absolute Gasteiger partial charge is 0.395 e. The van der Waals surface area contributed by atoms with E-state index in [1.165, 1.54) is 0 Å². The minimum atomic E-state index is 0.0466. The molecule has 6 N–H and O–H groups in total. The molecule has 3 aromatic heterocycles. The number of rotatable bonds is 13. The number of aromatic amines is 1. The van der Waals surface area contributed by atoms with E-state index < -0.39 is 0 Å². The number of aliphatic hydroxyl groups excluding tert-OH is 2. The fourth-order valence-electron chi connectivity index (χ4n) is 4.96. The van der Waals surface area contributed by atoms with Crippen molar-refractivity contribution in [3.05, 3.63) is 89.6 Å². The molecule has 0 unspecified atom stereocenters. The molecule has 0 aliphatic rings. The van der Waals surface area contributed by atoms with Crippen LogP contribution in [0.1, 0.15) is 22.6 Å². The summed E-state index contributed by atoms with van der Waals surface area (Å²) < 4.78 is 1.81. The molecule has 0 saturated carbocycles. The summed E-state index contributed by atoms with van der Waals surface area (Å²) in [6.45, 7) is 6.34. The van der Waals surface area contributed by atoms with E-state index >= 15 is 0 Å². The average Bonchev–Trinajstić information content (AvgIpc) is 3.64. The number of fused-ring (bicyclic) bond motifs is 1. The van der Waals surface area contributed by atoms with Crippen molar-refractivity contribution in [3.8, 4) is 33.6 Å². The first kappa shape index (κ1) is 29.0. The van der Waals surface area contributed by atoms with Gasteiger partial charge in [0.05, 0.1) is 42.7 Å². The van der Waals surface area contributed by atoms with E-state index in [9.17, 15) is 0 Å². The molecule has 2 aromatic carbocycles. The fourth-order valence-corrected chi connectivity index (χ4v) is 4.96. The van der Waals surface area contributed by atoms with Crippen LogP contribution >= 0.6 is 0 Å².